The van der Waals surface area contributed by atoms with E-state index < -0.39 is 29.8 Å². The van der Waals surface area contributed by atoms with Gasteiger partial charge in [-0.2, -0.15) is 0 Å². The van der Waals surface area contributed by atoms with Gasteiger partial charge in [-0.15, -0.1) is 0 Å². The molecule has 2 unspecified atom stereocenters. The first-order valence-electron chi connectivity index (χ1n) is 12.5. The first kappa shape index (κ1) is 30.6. The molecule has 1 saturated heterocycles. The number of hydrogen-bond donors (Lipinski definition) is 0. The van der Waals surface area contributed by atoms with E-state index in [9.17, 15) is 22.6 Å². The largest absolute Gasteiger partial charge is 0.529 e. The number of aryl methyl sites for hydroxylation is 1. The molecule has 3 rings (SSSR count). The summed E-state index contributed by atoms with van der Waals surface area (Å²) in [7, 11) is -6.41. The average Bonchev–Trinajstić information content (AvgIpc) is 3.40. The van der Waals surface area contributed by atoms with E-state index in [-0.39, 0.29) is 48.6 Å². The number of carbonyl (C=O) groups excluding carboxylic acids is 2. The summed E-state index contributed by atoms with van der Waals surface area (Å²) in [6, 6.07) is 12.4. The zero-order valence-corrected chi connectivity index (χ0v) is 23.9. The molecule has 0 bridgehead atoms. The molecule has 0 radical (unpaired) electrons. The first-order chi connectivity index (χ1) is 18.5. The SMILES string of the molecule is CCC(=O)OCc1ccc(OP(=O)(OC)OCC2CCCN2C(=O)OCCS(=O)(=O)c2ccc(C)cc2)cc1. The van der Waals surface area contributed by atoms with E-state index in [2.05, 4.69) is 0 Å². The van der Waals surface area contributed by atoms with Crippen molar-refractivity contribution in [1.82, 2.24) is 4.90 Å². The lowest BCUT2D eigenvalue weighted by Gasteiger charge is -2.25. The first-order valence-corrected chi connectivity index (χ1v) is 15.6. The molecule has 1 fully saturated rings. The zero-order valence-electron chi connectivity index (χ0n) is 22.2. The Morgan fingerprint density at radius 2 is 1.74 bits per heavy atom. The number of rotatable bonds is 13. The van der Waals surface area contributed by atoms with Crippen molar-refractivity contribution in [2.45, 2.75) is 50.7 Å². The van der Waals surface area contributed by atoms with Crippen molar-refractivity contribution in [3.8, 4) is 5.75 Å². The van der Waals surface area contributed by atoms with E-state index in [1.165, 1.54) is 24.1 Å². The zero-order chi connectivity index (χ0) is 28.5. The molecule has 214 valence electrons. The quantitative estimate of drug-likeness (QED) is 0.242. The number of benzene rings is 2. The van der Waals surface area contributed by atoms with E-state index in [4.69, 9.17) is 23.0 Å². The predicted octanol–water partition coefficient (Wildman–Crippen LogP) is 4.67. The number of phosphoric ester groups is 1. The standard InChI is InChI=1S/C26H34NO10PS/c1-4-25(28)35-18-21-9-11-23(12-10-21)37-38(30,33-3)36-19-22-6-5-15-27(22)26(29)34-16-17-39(31,32)24-13-7-20(2)8-14-24/h7-14,22H,4-6,15-19H2,1-3H3. The van der Waals surface area contributed by atoms with E-state index in [0.717, 1.165) is 11.1 Å². The maximum atomic E-state index is 13.0. The summed E-state index contributed by atoms with van der Waals surface area (Å²) in [5.41, 5.74) is 1.67. The summed E-state index contributed by atoms with van der Waals surface area (Å²) < 4.78 is 64.3. The van der Waals surface area contributed by atoms with Gasteiger partial charge in [-0.1, -0.05) is 36.8 Å². The van der Waals surface area contributed by atoms with Crippen molar-refractivity contribution >= 4 is 29.7 Å². The maximum absolute atomic E-state index is 13.0. The van der Waals surface area contributed by atoms with Crippen LogP contribution in [0.4, 0.5) is 4.79 Å². The van der Waals surface area contributed by atoms with Crippen molar-refractivity contribution in [1.29, 1.82) is 0 Å². The Bertz CT molecular complexity index is 1260. The topological polar surface area (TPSA) is 135 Å². The molecule has 1 heterocycles. The van der Waals surface area contributed by atoms with E-state index in [1.54, 1.807) is 43.3 Å². The summed E-state index contributed by atoms with van der Waals surface area (Å²) in [5, 5.41) is 0. The Morgan fingerprint density at radius 1 is 1.05 bits per heavy atom. The Balaban J connectivity index is 1.49. The van der Waals surface area contributed by atoms with Gasteiger partial charge in [0.1, 0.15) is 19.0 Å². The third-order valence-electron chi connectivity index (χ3n) is 6.05. The minimum atomic E-state index is -4.01. The summed E-state index contributed by atoms with van der Waals surface area (Å²) in [5.74, 6) is -0.434. The maximum Gasteiger partial charge on any atom is 0.529 e. The van der Waals surface area contributed by atoms with Crippen molar-refractivity contribution in [3.05, 3.63) is 59.7 Å². The summed E-state index contributed by atoms with van der Waals surface area (Å²) >= 11 is 0. The van der Waals surface area contributed by atoms with E-state index in [0.29, 0.717) is 19.4 Å². The molecule has 1 aliphatic heterocycles. The fourth-order valence-electron chi connectivity index (χ4n) is 3.77. The molecular weight excluding hydrogens is 549 g/mol. The number of phosphoric acid groups is 1. The highest BCUT2D eigenvalue weighted by molar-refractivity contribution is 7.91. The number of ether oxygens (including phenoxy) is 2. The minimum Gasteiger partial charge on any atom is -0.461 e. The monoisotopic (exact) mass is 583 g/mol. The molecule has 2 atom stereocenters. The molecule has 0 N–H and O–H groups in total. The minimum absolute atomic E-state index is 0.108. The van der Waals surface area contributed by atoms with Crippen LogP contribution in [0.3, 0.4) is 0 Å². The second-order valence-corrected chi connectivity index (χ2v) is 12.7. The number of carbonyl (C=O) groups is 2. The molecule has 0 spiro atoms. The highest BCUT2D eigenvalue weighted by Crippen LogP contribution is 2.49. The van der Waals surface area contributed by atoms with Crippen LogP contribution in [0.15, 0.2) is 53.4 Å². The molecule has 39 heavy (non-hydrogen) atoms. The van der Waals surface area contributed by atoms with E-state index >= 15 is 0 Å². The van der Waals surface area contributed by atoms with Crippen LogP contribution in [0.25, 0.3) is 0 Å². The lowest BCUT2D eigenvalue weighted by Crippen LogP contribution is -2.39. The number of esters is 1. The Kier molecular flexibility index (Phi) is 10.9. The van der Waals surface area contributed by atoms with Crippen molar-refractivity contribution in [2.24, 2.45) is 0 Å². The second kappa shape index (κ2) is 13.9. The molecule has 1 amide bonds. The van der Waals surface area contributed by atoms with Crippen LogP contribution in [0.1, 0.15) is 37.3 Å². The molecule has 11 nitrogen and oxygen atoms in total. The van der Waals surface area contributed by atoms with Crippen LogP contribution in [-0.2, 0) is 44.3 Å². The number of amides is 1. The van der Waals surface area contributed by atoms with Crippen LogP contribution in [0, 0.1) is 6.92 Å². The normalized spacial score (nSPS) is 16.9. The van der Waals surface area contributed by atoms with Crippen LogP contribution in [0.2, 0.25) is 0 Å². The molecule has 13 heteroatoms. The number of likely N-dealkylation sites (tertiary alicyclic amines) is 1. The highest BCUT2D eigenvalue weighted by atomic mass is 32.2. The fraction of sp³-hybridized carbons (Fsp3) is 0.462. The molecule has 0 saturated carbocycles. The predicted molar refractivity (Wildman–Crippen MR) is 142 cm³/mol. The third-order valence-corrected chi connectivity index (χ3v) is 9.09. The highest BCUT2D eigenvalue weighted by Gasteiger charge is 2.35. The van der Waals surface area contributed by atoms with Gasteiger partial charge in [-0.3, -0.25) is 13.8 Å². The third kappa shape index (κ3) is 9.06. The van der Waals surface area contributed by atoms with Crippen LogP contribution in [-0.4, -0.2) is 64.0 Å². The smallest absolute Gasteiger partial charge is 0.461 e. The number of sulfone groups is 1. The fourth-order valence-corrected chi connectivity index (χ4v) is 5.83. The molecular formula is C26H34NO10PS. The Labute approximate surface area is 228 Å². The van der Waals surface area contributed by atoms with Gasteiger partial charge in [0.15, 0.2) is 9.84 Å². The van der Waals surface area contributed by atoms with Crippen molar-refractivity contribution in [2.75, 3.05) is 32.6 Å². The van der Waals surface area contributed by atoms with Gasteiger partial charge in [0, 0.05) is 20.1 Å². The van der Waals surface area contributed by atoms with Gasteiger partial charge in [0.05, 0.1) is 23.3 Å². The molecule has 1 aliphatic rings. The van der Waals surface area contributed by atoms with Gasteiger partial charge < -0.3 is 18.9 Å². The molecule has 0 aliphatic carbocycles. The van der Waals surface area contributed by atoms with Crippen molar-refractivity contribution in [3.63, 3.8) is 0 Å². The summed E-state index contributed by atoms with van der Waals surface area (Å²) in [4.78, 5) is 25.5. The number of hydrogen-bond acceptors (Lipinski definition) is 10. The van der Waals surface area contributed by atoms with Crippen LogP contribution in [0.5, 0.6) is 5.75 Å². The molecule has 0 aromatic heterocycles. The summed E-state index contributed by atoms with van der Waals surface area (Å²) in [6.07, 6.45) is 0.855. The Morgan fingerprint density at radius 3 is 2.38 bits per heavy atom. The van der Waals surface area contributed by atoms with Crippen LogP contribution < -0.4 is 4.52 Å². The van der Waals surface area contributed by atoms with Gasteiger partial charge in [-0.25, -0.2) is 17.8 Å². The summed E-state index contributed by atoms with van der Waals surface area (Å²) in [6.45, 7) is 3.63. The lowest BCUT2D eigenvalue weighted by molar-refractivity contribution is -0.144. The van der Waals surface area contributed by atoms with Gasteiger partial charge in [-0.05, 0) is 49.6 Å². The molecule has 2 aromatic rings. The molecule has 2 aromatic carbocycles. The van der Waals surface area contributed by atoms with Gasteiger partial charge >= 0.3 is 19.9 Å². The second-order valence-electron chi connectivity index (χ2n) is 8.91. The van der Waals surface area contributed by atoms with Gasteiger partial charge in [0.2, 0.25) is 0 Å². The Hall–Kier alpha value is -2.92. The van der Waals surface area contributed by atoms with Crippen molar-refractivity contribution < 1.29 is 45.6 Å². The number of nitrogens with zero attached hydrogens (tertiary/aromatic N) is 1. The van der Waals surface area contributed by atoms with Gasteiger partial charge in [0.25, 0.3) is 0 Å². The lowest BCUT2D eigenvalue weighted by atomic mass is 10.2. The van der Waals surface area contributed by atoms with E-state index in [1.807, 2.05) is 6.92 Å². The van der Waals surface area contributed by atoms with Crippen LogP contribution >= 0.6 is 7.82 Å². The average molecular weight is 584 g/mol.